The van der Waals surface area contributed by atoms with Gasteiger partial charge in [-0.05, 0) is 23.5 Å². The van der Waals surface area contributed by atoms with Gasteiger partial charge in [-0.3, -0.25) is 14.4 Å². The minimum Gasteiger partial charge on any atom is -0.391 e. The van der Waals surface area contributed by atoms with Crippen molar-refractivity contribution < 1.29 is 19.5 Å². The Hall–Kier alpha value is -2.82. The number of β-amino-alcohol motifs (C(OH)–C–C–N with tert-alkyl or cyclic N) is 1. The van der Waals surface area contributed by atoms with E-state index in [1.807, 2.05) is 52.0 Å². The van der Waals surface area contributed by atoms with Gasteiger partial charge in [0.25, 0.3) is 0 Å². The summed E-state index contributed by atoms with van der Waals surface area (Å²) in [6, 6.07) is 5.36. The second-order valence-corrected chi connectivity index (χ2v) is 10.9. The number of nitrogens with one attached hydrogen (secondary N) is 2. The van der Waals surface area contributed by atoms with Crippen LogP contribution < -0.4 is 16.4 Å². The van der Waals surface area contributed by atoms with Gasteiger partial charge in [-0.15, -0.1) is 11.3 Å². The molecule has 1 saturated heterocycles. The highest BCUT2D eigenvalue weighted by Crippen LogP contribution is 2.30. The van der Waals surface area contributed by atoms with Crippen molar-refractivity contribution in [3.8, 4) is 10.4 Å². The number of aliphatic hydroxyl groups is 1. The second kappa shape index (κ2) is 10.8. The van der Waals surface area contributed by atoms with Crippen LogP contribution in [0.3, 0.4) is 0 Å². The highest BCUT2D eigenvalue weighted by atomic mass is 32.1. The van der Waals surface area contributed by atoms with Crippen LogP contribution in [-0.4, -0.2) is 64.5 Å². The molecule has 1 fully saturated rings. The van der Waals surface area contributed by atoms with Crippen LogP contribution in [0, 0.1) is 12.3 Å². The van der Waals surface area contributed by atoms with Crippen LogP contribution in [0.25, 0.3) is 10.4 Å². The van der Waals surface area contributed by atoms with Crippen molar-refractivity contribution in [3.05, 3.63) is 41.0 Å². The molecular formula is C25H35N5O4S. The van der Waals surface area contributed by atoms with E-state index in [4.69, 9.17) is 5.73 Å². The number of rotatable bonds is 7. The average molecular weight is 502 g/mol. The third-order valence-corrected chi connectivity index (χ3v) is 7.35. The normalized spacial score (nSPS) is 19.8. The number of nitrogens with zero attached hydrogens (tertiary/aromatic N) is 2. The second-order valence-electron chi connectivity index (χ2n) is 10.1. The fraction of sp³-hybridized carbons (Fsp3) is 0.520. The van der Waals surface area contributed by atoms with Crippen molar-refractivity contribution in [2.24, 2.45) is 11.1 Å². The fourth-order valence-corrected chi connectivity index (χ4v) is 4.92. The Morgan fingerprint density at radius 2 is 1.91 bits per heavy atom. The standard InChI is InChI=1S/C25H35N5O4S/c1-14-21(35-13-28-14)16-8-6-15(7-9-16)18(11-20(32)27-5)29-23(33)19-10-17(31)12-30(19)24(34)22(26)25(2,3)4/h6-9,13,17-19,22,31H,10-12,26H2,1-5H3,(H,27,32)(H,29,33)/t17-,18+,19+,22-/m1/s1. The van der Waals surface area contributed by atoms with Crippen LogP contribution in [-0.2, 0) is 14.4 Å². The van der Waals surface area contributed by atoms with Gasteiger partial charge in [-0.25, -0.2) is 4.98 Å². The van der Waals surface area contributed by atoms with Gasteiger partial charge >= 0.3 is 0 Å². The first-order valence-electron chi connectivity index (χ1n) is 11.7. The van der Waals surface area contributed by atoms with E-state index < -0.39 is 35.6 Å². The van der Waals surface area contributed by atoms with Crippen LogP contribution in [0.1, 0.15) is 50.9 Å². The van der Waals surface area contributed by atoms with E-state index in [9.17, 15) is 19.5 Å². The monoisotopic (exact) mass is 501 g/mol. The Balaban J connectivity index is 1.82. The van der Waals surface area contributed by atoms with Gasteiger partial charge in [-0.1, -0.05) is 45.0 Å². The molecule has 1 aromatic heterocycles. The first-order valence-corrected chi connectivity index (χ1v) is 12.6. The summed E-state index contributed by atoms with van der Waals surface area (Å²) in [5.74, 6) is -1.03. The topological polar surface area (TPSA) is 138 Å². The van der Waals surface area contributed by atoms with Gasteiger partial charge in [0.1, 0.15) is 6.04 Å². The molecule has 1 aromatic carbocycles. The summed E-state index contributed by atoms with van der Waals surface area (Å²) in [6.45, 7) is 7.56. The van der Waals surface area contributed by atoms with Gasteiger partial charge in [0.05, 0.1) is 40.7 Å². The molecule has 0 spiro atoms. The number of hydrogen-bond acceptors (Lipinski definition) is 7. The molecule has 0 unspecified atom stereocenters. The zero-order valence-electron chi connectivity index (χ0n) is 20.9. The van der Waals surface area contributed by atoms with E-state index in [0.29, 0.717) is 0 Å². The van der Waals surface area contributed by atoms with E-state index >= 15 is 0 Å². The average Bonchev–Trinajstić information content (AvgIpc) is 3.42. The molecule has 0 radical (unpaired) electrons. The number of aromatic nitrogens is 1. The van der Waals surface area contributed by atoms with Gasteiger partial charge < -0.3 is 26.4 Å². The Bertz CT molecular complexity index is 1060. The molecule has 3 rings (SSSR count). The quantitative estimate of drug-likeness (QED) is 0.456. The predicted octanol–water partition coefficient (Wildman–Crippen LogP) is 1.75. The lowest BCUT2D eigenvalue weighted by molar-refractivity contribution is -0.141. The number of thiazole rings is 1. The Kier molecular flexibility index (Phi) is 8.30. The van der Waals surface area contributed by atoms with Gasteiger partial charge in [0.15, 0.2) is 0 Å². The summed E-state index contributed by atoms with van der Waals surface area (Å²) in [5.41, 5.74) is 10.2. The molecule has 1 aliphatic rings. The lowest BCUT2D eigenvalue weighted by atomic mass is 9.86. The first kappa shape index (κ1) is 26.8. The number of nitrogens with two attached hydrogens (primary N) is 1. The largest absolute Gasteiger partial charge is 0.391 e. The molecule has 1 aliphatic heterocycles. The molecule has 3 amide bonds. The maximum Gasteiger partial charge on any atom is 0.243 e. The number of aryl methyl sites for hydroxylation is 1. The highest BCUT2D eigenvalue weighted by molar-refractivity contribution is 7.13. The Morgan fingerprint density at radius 1 is 1.26 bits per heavy atom. The van der Waals surface area contributed by atoms with Crippen LogP contribution >= 0.6 is 11.3 Å². The molecular weight excluding hydrogens is 466 g/mol. The molecule has 35 heavy (non-hydrogen) atoms. The first-order chi connectivity index (χ1) is 16.4. The fourth-order valence-electron chi connectivity index (χ4n) is 4.11. The van der Waals surface area contributed by atoms with E-state index in [0.717, 1.165) is 21.7 Å². The van der Waals surface area contributed by atoms with E-state index in [1.54, 1.807) is 23.9 Å². The smallest absolute Gasteiger partial charge is 0.243 e. The highest BCUT2D eigenvalue weighted by Gasteiger charge is 2.43. The molecule has 2 aromatic rings. The maximum absolute atomic E-state index is 13.3. The van der Waals surface area contributed by atoms with E-state index in [2.05, 4.69) is 15.6 Å². The molecule has 190 valence electrons. The molecule has 0 aliphatic carbocycles. The third-order valence-electron chi connectivity index (χ3n) is 6.37. The third kappa shape index (κ3) is 6.25. The molecule has 2 heterocycles. The molecule has 0 saturated carbocycles. The zero-order valence-corrected chi connectivity index (χ0v) is 21.7. The van der Waals surface area contributed by atoms with Crippen molar-refractivity contribution in [2.75, 3.05) is 13.6 Å². The van der Waals surface area contributed by atoms with E-state index in [1.165, 1.54) is 4.90 Å². The summed E-state index contributed by atoms with van der Waals surface area (Å²) >= 11 is 1.55. The molecule has 5 N–H and O–H groups in total. The number of aliphatic hydroxyl groups excluding tert-OH is 1. The molecule has 10 heteroatoms. The number of amides is 3. The van der Waals surface area contributed by atoms with Crippen LogP contribution in [0.5, 0.6) is 0 Å². The van der Waals surface area contributed by atoms with Crippen LogP contribution in [0.15, 0.2) is 29.8 Å². The minimum atomic E-state index is -0.864. The van der Waals surface area contributed by atoms with Gasteiger partial charge in [0, 0.05) is 20.0 Å². The predicted molar refractivity (Wildman–Crippen MR) is 135 cm³/mol. The number of benzene rings is 1. The summed E-state index contributed by atoms with van der Waals surface area (Å²) in [7, 11) is 1.54. The molecule has 4 atom stereocenters. The summed E-state index contributed by atoms with van der Waals surface area (Å²) in [4.78, 5) is 45.3. The van der Waals surface area contributed by atoms with Crippen molar-refractivity contribution in [1.29, 1.82) is 0 Å². The minimum absolute atomic E-state index is 0.0336. The zero-order chi connectivity index (χ0) is 25.9. The van der Waals surface area contributed by atoms with E-state index in [-0.39, 0.29) is 31.2 Å². The van der Waals surface area contributed by atoms with Gasteiger partial charge in [0.2, 0.25) is 17.7 Å². The number of carbonyl (C=O) groups excluding carboxylic acids is 3. The lowest BCUT2D eigenvalue weighted by Crippen LogP contribution is -2.55. The maximum atomic E-state index is 13.3. The van der Waals surface area contributed by atoms with Gasteiger partial charge in [-0.2, -0.15) is 0 Å². The van der Waals surface area contributed by atoms with Crippen LogP contribution in [0.4, 0.5) is 0 Å². The summed E-state index contributed by atoms with van der Waals surface area (Å²) in [6.07, 6.45) is -0.669. The summed E-state index contributed by atoms with van der Waals surface area (Å²) < 4.78 is 0. The lowest BCUT2D eigenvalue weighted by Gasteiger charge is -2.33. The summed E-state index contributed by atoms with van der Waals surface area (Å²) in [5, 5.41) is 15.8. The number of hydrogen-bond donors (Lipinski definition) is 4. The molecule has 9 nitrogen and oxygen atoms in total. The molecule has 0 bridgehead atoms. The van der Waals surface area contributed by atoms with Crippen molar-refractivity contribution in [1.82, 2.24) is 20.5 Å². The van der Waals surface area contributed by atoms with Crippen molar-refractivity contribution in [2.45, 2.75) is 64.8 Å². The van der Waals surface area contributed by atoms with Crippen molar-refractivity contribution in [3.63, 3.8) is 0 Å². The SMILES string of the molecule is CNC(=O)C[C@H](NC(=O)[C@@H]1C[C@@H](O)CN1C(=O)[C@@H](N)C(C)(C)C)c1ccc(-c2scnc2C)cc1. The Morgan fingerprint density at radius 3 is 2.46 bits per heavy atom. The van der Waals surface area contributed by atoms with Crippen molar-refractivity contribution >= 4 is 29.1 Å². The number of carbonyl (C=O) groups is 3. The Labute approximate surface area is 210 Å². The van der Waals surface area contributed by atoms with Crippen LogP contribution in [0.2, 0.25) is 0 Å². The number of likely N-dealkylation sites (tertiary alicyclic amines) is 1.